The minimum atomic E-state index is -0.608. The Bertz CT molecular complexity index is 297. The molecule has 3 heteroatoms. The van der Waals surface area contributed by atoms with Crippen molar-refractivity contribution in [3.8, 4) is 0 Å². The van der Waals surface area contributed by atoms with Crippen molar-refractivity contribution in [2.24, 2.45) is 11.7 Å². The van der Waals surface area contributed by atoms with Gasteiger partial charge >= 0.3 is 0 Å². The van der Waals surface area contributed by atoms with Gasteiger partial charge < -0.3 is 11.1 Å². The van der Waals surface area contributed by atoms with E-state index in [0.29, 0.717) is 5.92 Å². The Morgan fingerprint density at radius 2 is 1.88 bits per heavy atom. The molecule has 2 aliphatic carbocycles. The van der Waals surface area contributed by atoms with Crippen molar-refractivity contribution < 1.29 is 4.79 Å². The molecule has 2 aliphatic rings. The third-order valence-electron chi connectivity index (χ3n) is 4.61. The smallest absolute Gasteiger partial charge is 0.240 e. The quantitative estimate of drug-likeness (QED) is 0.776. The number of nitrogens with two attached hydrogens (primary N) is 1. The van der Waals surface area contributed by atoms with Gasteiger partial charge in [-0.1, -0.05) is 32.6 Å². The minimum Gasteiger partial charge on any atom is -0.349 e. The van der Waals surface area contributed by atoms with E-state index in [0.717, 1.165) is 32.1 Å². The number of amides is 1. The van der Waals surface area contributed by atoms with E-state index in [4.69, 9.17) is 5.73 Å². The first-order chi connectivity index (χ1) is 7.94. The molecule has 0 aliphatic heterocycles. The van der Waals surface area contributed by atoms with Gasteiger partial charge in [-0.05, 0) is 38.5 Å². The zero-order valence-corrected chi connectivity index (χ0v) is 11.2. The highest BCUT2D eigenvalue weighted by Gasteiger charge is 2.41. The summed E-state index contributed by atoms with van der Waals surface area (Å²) in [6, 6.07) is 0. The molecular weight excluding hydrogens is 212 g/mol. The average molecular weight is 238 g/mol. The number of rotatable bonds is 2. The summed E-state index contributed by atoms with van der Waals surface area (Å²) >= 11 is 0. The molecule has 2 saturated carbocycles. The molecule has 0 bridgehead atoms. The van der Waals surface area contributed by atoms with Crippen LogP contribution in [0.15, 0.2) is 0 Å². The first-order valence-corrected chi connectivity index (χ1v) is 7.05. The molecule has 0 heterocycles. The van der Waals surface area contributed by atoms with E-state index in [1.54, 1.807) is 0 Å². The second-order valence-electron chi connectivity index (χ2n) is 6.58. The van der Waals surface area contributed by atoms with Gasteiger partial charge in [-0.25, -0.2) is 0 Å². The summed E-state index contributed by atoms with van der Waals surface area (Å²) in [7, 11) is 0. The van der Waals surface area contributed by atoms with Crippen LogP contribution < -0.4 is 11.1 Å². The fraction of sp³-hybridized carbons (Fsp3) is 0.929. The third kappa shape index (κ3) is 2.82. The van der Waals surface area contributed by atoms with Crippen LogP contribution in [0.2, 0.25) is 0 Å². The molecule has 0 aromatic heterocycles. The van der Waals surface area contributed by atoms with E-state index in [2.05, 4.69) is 19.2 Å². The molecule has 3 nitrogen and oxygen atoms in total. The van der Waals surface area contributed by atoms with Crippen LogP contribution in [0.25, 0.3) is 0 Å². The minimum absolute atomic E-state index is 0.00411. The van der Waals surface area contributed by atoms with Gasteiger partial charge in [-0.15, -0.1) is 0 Å². The Labute approximate surface area is 105 Å². The SMILES string of the molecule is CC1CCCC(N)(C(=O)NC2(C)CCCC2)C1. The van der Waals surface area contributed by atoms with Gasteiger partial charge in [0.1, 0.15) is 0 Å². The van der Waals surface area contributed by atoms with Crippen LogP contribution >= 0.6 is 0 Å². The summed E-state index contributed by atoms with van der Waals surface area (Å²) in [4.78, 5) is 12.4. The first-order valence-electron chi connectivity index (χ1n) is 7.05. The lowest BCUT2D eigenvalue weighted by atomic mass is 9.76. The standard InChI is InChI=1S/C14H26N2O/c1-11-6-5-9-14(15,10-11)12(17)16-13(2)7-3-4-8-13/h11H,3-10,15H2,1-2H3,(H,16,17). The van der Waals surface area contributed by atoms with E-state index in [1.165, 1.54) is 19.3 Å². The maximum atomic E-state index is 12.4. The predicted octanol–water partition coefficient (Wildman–Crippen LogP) is 2.34. The molecule has 98 valence electrons. The lowest BCUT2D eigenvalue weighted by Gasteiger charge is -2.38. The van der Waals surface area contributed by atoms with Gasteiger partial charge in [0.25, 0.3) is 0 Å². The van der Waals surface area contributed by atoms with Crippen LogP contribution in [0.4, 0.5) is 0 Å². The maximum absolute atomic E-state index is 12.4. The summed E-state index contributed by atoms with van der Waals surface area (Å²) in [5.74, 6) is 0.671. The van der Waals surface area contributed by atoms with E-state index in [-0.39, 0.29) is 11.4 Å². The van der Waals surface area contributed by atoms with Crippen LogP contribution in [0.1, 0.15) is 65.2 Å². The molecule has 1 amide bonds. The number of hydrogen-bond acceptors (Lipinski definition) is 2. The zero-order chi connectivity index (χ0) is 12.5. The summed E-state index contributed by atoms with van der Waals surface area (Å²) in [6.45, 7) is 4.36. The molecular formula is C14H26N2O. The Morgan fingerprint density at radius 1 is 1.24 bits per heavy atom. The molecule has 0 aromatic rings. The molecule has 0 aromatic carbocycles. The Balaban J connectivity index is 1.98. The number of nitrogens with one attached hydrogen (secondary N) is 1. The Morgan fingerprint density at radius 3 is 2.47 bits per heavy atom. The largest absolute Gasteiger partial charge is 0.349 e. The highest BCUT2D eigenvalue weighted by atomic mass is 16.2. The molecule has 3 N–H and O–H groups in total. The van der Waals surface area contributed by atoms with Crippen molar-refractivity contribution in [1.82, 2.24) is 5.32 Å². The molecule has 0 spiro atoms. The van der Waals surface area contributed by atoms with E-state index >= 15 is 0 Å². The van der Waals surface area contributed by atoms with Gasteiger partial charge in [-0.2, -0.15) is 0 Å². The topological polar surface area (TPSA) is 55.1 Å². The maximum Gasteiger partial charge on any atom is 0.240 e. The van der Waals surface area contributed by atoms with E-state index in [9.17, 15) is 4.79 Å². The normalized spacial score (nSPS) is 36.8. The molecule has 2 atom stereocenters. The highest BCUT2D eigenvalue weighted by Crippen LogP contribution is 2.33. The molecule has 2 unspecified atom stereocenters. The van der Waals surface area contributed by atoms with Crippen molar-refractivity contribution in [3.63, 3.8) is 0 Å². The fourth-order valence-electron chi connectivity index (χ4n) is 3.48. The molecule has 0 saturated heterocycles. The molecule has 0 radical (unpaired) electrons. The first kappa shape index (κ1) is 12.9. The average Bonchev–Trinajstić information content (AvgIpc) is 2.64. The van der Waals surface area contributed by atoms with Crippen molar-refractivity contribution in [3.05, 3.63) is 0 Å². The molecule has 2 rings (SSSR count). The summed E-state index contributed by atoms with van der Waals surface area (Å²) in [6.07, 6.45) is 8.64. The van der Waals surface area contributed by atoms with Gasteiger partial charge in [-0.3, -0.25) is 4.79 Å². The number of carbonyl (C=O) groups is 1. The van der Waals surface area contributed by atoms with Crippen LogP contribution in [0.3, 0.4) is 0 Å². The lowest BCUT2D eigenvalue weighted by Crippen LogP contribution is -2.60. The van der Waals surface area contributed by atoms with E-state index < -0.39 is 5.54 Å². The molecule has 2 fully saturated rings. The number of hydrogen-bond donors (Lipinski definition) is 2. The second-order valence-corrected chi connectivity index (χ2v) is 6.58. The molecule has 17 heavy (non-hydrogen) atoms. The third-order valence-corrected chi connectivity index (χ3v) is 4.61. The predicted molar refractivity (Wildman–Crippen MR) is 69.6 cm³/mol. The van der Waals surface area contributed by atoms with Gasteiger partial charge in [0.15, 0.2) is 0 Å². The second kappa shape index (κ2) is 4.60. The fourth-order valence-corrected chi connectivity index (χ4v) is 3.48. The van der Waals surface area contributed by atoms with Gasteiger partial charge in [0.05, 0.1) is 5.54 Å². The highest BCUT2D eigenvalue weighted by molar-refractivity contribution is 5.86. The lowest BCUT2D eigenvalue weighted by molar-refractivity contribution is -0.129. The van der Waals surface area contributed by atoms with Crippen LogP contribution in [0.5, 0.6) is 0 Å². The Hall–Kier alpha value is -0.570. The zero-order valence-electron chi connectivity index (χ0n) is 11.2. The van der Waals surface area contributed by atoms with Crippen molar-refractivity contribution in [2.75, 3.05) is 0 Å². The Kier molecular flexibility index (Phi) is 3.48. The van der Waals surface area contributed by atoms with Gasteiger partial charge in [0, 0.05) is 5.54 Å². The van der Waals surface area contributed by atoms with Crippen LogP contribution in [-0.2, 0) is 4.79 Å². The van der Waals surface area contributed by atoms with Crippen molar-refractivity contribution in [2.45, 2.75) is 76.3 Å². The monoisotopic (exact) mass is 238 g/mol. The van der Waals surface area contributed by atoms with Crippen molar-refractivity contribution >= 4 is 5.91 Å². The summed E-state index contributed by atoms with van der Waals surface area (Å²) in [5.41, 5.74) is 5.71. The van der Waals surface area contributed by atoms with E-state index in [1.807, 2.05) is 0 Å². The van der Waals surface area contributed by atoms with Crippen LogP contribution in [-0.4, -0.2) is 17.0 Å². The number of carbonyl (C=O) groups excluding carboxylic acids is 1. The van der Waals surface area contributed by atoms with Crippen LogP contribution in [0, 0.1) is 5.92 Å². The summed E-state index contributed by atoms with van der Waals surface area (Å²) in [5, 5.41) is 3.22. The summed E-state index contributed by atoms with van der Waals surface area (Å²) < 4.78 is 0. The van der Waals surface area contributed by atoms with Crippen molar-refractivity contribution in [1.29, 1.82) is 0 Å². The van der Waals surface area contributed by atoms with Gasteiger partial charge in [0.2, 0.25) is 5.91 Å².